The molecule has 0 aromatic carbocycles. The summed E-state index contributed by atoms with van der Waals surface area (Å²) in [4.78, 5) is 25.6. The molecule has 1 amide bonds. The fourth-order valence-corrected chi connectivity index (χ4v) is 3.23. The van der Waals surface area contributed by atoms with Gasteiger partial charge in [0.2, 0.25) is 0 Å². The number of nitrogens with zero attached hydrogens (tertiary/aromatic N) is 1. The number of halogens is 1. The summed E-state index contributed by atoms with van der Waals surface area (Å²) in [7, 11) is 0. The lowest BCUT2D eigenvalue weighted by molar-refractivity contribution is -0.141. The monoisotopic (exact) mass is 331 g/mol. The van der Waals surface area contributed by atoms with Crippen molar-refractivity contribution < 1.29 is 14.7 Å². The molecule has 1 fully saturated rings. The lowest BCUT2D eigenvalue weighted by Gasteiger charge is -2.24. The average Bonchev–Trinajstić information content (AvgIpc) is 3.07. The second kappa shape index (κ2) is 5.40. The zero-order valence-corrected chi connectivity index (χ0v) is 12.3. The van der Waals surface area contributed by atoms with Gasteiger partial charge in [-0.15, -0.1) is 11.3 Å². The third-order valence-electron chi connectivity index (χ3n) is 2.95. The van der Waals surface area contributed by atoms with E-state index in [2.05, 4.69) is 15.9 Å². The largest absolute Gasteiger partial charge is 0.481 e. The van der Waals surface area contributed by atoms with E-state index in [1.165, 1.54) is 11.3 Å². The van der Waals surface area contributed by atoms with Crippen molar-refractivity contribution in [2.45, 2.75) is 25.8 Å². The van der Waals surface area contributed by atoms with Gasteiger partial charge in [0.05, 0.1) is 5.92 Å². The van der Waals surface area contributed by atoms with Gasteiger partial charge >= 0.3 is 5.97 Å². The highest BCUT2D eigenvalue weighted by Gasteiger charge is 2.35. The predicted molar refractivity (Wildman–Crippen MR) is 72.9 cm³/mol. The number of hydrogen-bond donors (Lipinski definition) is 1. The summed E-state index contributed by atoms with van der Waals surface area (Å²) in [6, 6.07) is 2.05. The van der Waals surface area contributed by atoms with E-state index in [1.54, 1.807) is 11.8 Å². The van der Waals surface area contributed by atoms with Gasteiger partial charge in [0, 0.05) is 17.1 Å². The summed E-state index contributed by atoms with van der Waals surface area (Å²) in [5.41, 5.74) is 0. The number of carbonyl (C=O) groups excluding carboxylic acids is 1. The van der Waals surface area contributed by atoms with Crippen LogP contribution in [0.3, 0.4) is 0 Å². The van der Waals surface area contributed by atoms with E-state index in [0.717, 1.165) is 17.3 Å². The maximum absolute atomic E-state index is 12.4. The maximum Gasteiger partial charge on any atom is 0.308 e. The van der Waals surface area contributed by atoms with Crippen LogP contribution in [0.25, 0.3) is 0 Å². The predicted octanol–water partition coefficient (Wildman–Crippen LogP) is 2.84. The molecule has 4 nitrogen and oxygen atoms in total. The Labute approximate surface area is 118 Å². The minimum atomic E-state index is -0.862. The average molecular weight is 332 g/mol. The van der Waals surface area contributed by atoms with Crippen molar-refractivity contribution in [3.8, 4) is 0 Å². The third kappa shape index (κ3) is 2.92. The first-order valence-electron chi connectivity index (χ1n) is 5.77. The molecule has 0 bridgehead atoms. The van der Waals surface area contributed by atoms with Crippen molar-refractivity contribution >= 4 is 39.1 Å². The van der Waals surface area contributed by atoms with E-state index >= 15 is 0 Å². The van der Waals surface area contributed by atoms with Crippen LogP contribution in [0.4, 0.5) is 0 Å². The standard InChI is InChI=1S/C12H14BrNO3S/c1-7(12(16)17)6-14(8-2-3-8)11(15)10-9(13)4-5-18-10/h4-5,7-8H,2-3,6H2,1H3,(H,16,17). The van der Waals surface area contributed by atoms with Crippen molar-refractivity contribution in [3.63, 3.8) is 0 Å². The van der Waals surface area contributed by atoms with Gasteiger partial charge in [-0.05, 0) is 40.2 Å². The van der Waals surface area contributed by atoms with Crippen molar-refractivity contribution in [1.82, 2.24) is 4.90 Å². The van der Waals surface area contributed by atoms with Gasteiger partial charge < -0.3 is 10.0 Å². The quantitative estimate of drug-likeness (QED) is 0.902. The molecule has 1 unspecified atom stereocenters. The molecule has 1 saturated carbocycles. The van der Waals surface area contributed by atoms with Gasteiger partial charge in [-0.25, -0.2) is 0 Å². The van der Waals surface area contributed by atoms with Crippen LogP contribution in [-0.4, -0.2) is 34.5 Å². The Kier molecular flexibility index (Phi) is 4.07. The Morgan fingerprint density at radius 1 is 1.61 bits per heavy atom. The highest BCUT2D eigenvalue weighted by Crippen LogP contribution is 2.32. The number of carbonyl (C=O) groups is 2. The molecule has 1 aromatic heterocycles. The summed E-state index contributed by atoms with van der Waals surface area (Å²) in [6.07, 6.45) is 1.95. The summed E-state index contributed by atoms with van der Waals surface area (Å²) in [5, 5.41) is 10.8. The second-order valence-corrected chi connectivity index (χ2v) is 6.30. The van der Waals surface area contributed by atoms with E-state index in [9.17, 15) is 9.59 Å². The summed E-state index contributed by atoms with van der Waals surface area (Å²) >= 11 is 4.73. The minimum Gasteiger partial charge on any atom is -0.481 e. The number of aliphatic carboxylic acids is 1. The van der Waals surface area contributed by atoms with Crippen LogP contribution in [0.2, 0.25) is 0 Å². The van der Waals surface area contributed by atoms with E-state index in [0.29, 0.717) is 4.88 Å². The minimum absolute atomic E-state index is 0.0625. The van der Waals surface area contributed by atoms with Gasteiger partial charge in [0.1, 0.15) is 4.88 Å². The lowest BCUT2D eigenvalue weighted by atomic mass is 10.1. The van der Waals surface area contributed by atoms with Crippen molar-refractivity contribution in [2.75, 3.05) is 6.54 Å². The van der Waals surface area contributed by atoms with Gasteiger partial charge in [0.15, 0.2) is 0 Å². The summed E-state index contributed by atoms with van der Waals surface area (Å²) < 4.78 is 0.783. The Morgan fingerprint density at radius 3 is 2.72 bits per heavy atom. The van der Waals surface area contributed by atoms with Crippen LogP contribution in [0.15, 0.2) is 15.9 Å². The molecule has 1 aliphatic carbocycles. The molecule has 2 rings (SSSR count). The van der Waals surface area contributed by atoms with Crippen LogP contribution in [0, 0.1) is 5.92 Å². The first-order valence-corrected chi connectivity index (χ1v) is 7.44. The zero-order valence-electron chi connectivity index (χ0n) is 9.93. The van der Waals surface area contributed by atoms with E-state index in [-0.39, 0.29) is 18.5 Å². The fraction of sp³-hybridized carbons (Fsp3) is 0.500. The molecule has 1 aliphatic rings. The van der Waals surface area contributed by atoms with Crippen LogP contribution >= 0.6 is 27.3 Å². The maximum atomic E-state index is 12.4. The van der Waals surface area contributed by atoms with Gasteiger partial charge in [-0.3, -0.25) is 9.59 Å². The molecule has 18 heavy (non-hydrogen) atoms. The molecule has 0 spiro atoms. The molecule has 1 heterocycles. The van der Waals surface area contributed by atoms with Crippen molar-refractivity contribution in [2.24, 2.45) is 5.92 Å². The highest BCUT2D eigenvalue weighted by atomic mass is 79.9. The first kappa shape index (κ1) is 13.5. The van der Waals surface area contributed by atoms with Gasteiger partial charge in [-0.1, -0.05) is 6.92 Å². The van der Waals surface area contributed by atoms with E-state index in [1.807, 2.05) is 11.4 Å². The van der Waals surface area contributed by atoms with Crippen LogP contribution in [0.1, 0.15) is 29.4 Å². The Bertz CT molecular complexity index is 470. The van der Waals surface area contributed by atoms with Crippen molar-refractivity contribution in [1.29, 1.82) is 0 Å². The fourth-order valence-electron chi connectivity index (χ4n) is 1.73. The number of thiophene rings is 1. The molecular weight excluding hydrogens is 318 g/mol. The summed E-state index contributed by atoms with van der Waals surface area (Å²) in [5.74, 6) is -1.46. The highest BCUT2D eigenvalue weighted by molar-refractivity contribution is 9.10. The zero-order chi connectivity index (χ0) is 13.3. The number of carboxylic acid groups (broad SMARTS) is 1. The van der Waals surface area contributed by atoms with Gasteiger partial charge in [-0.2, -0.15) is 0 Å². The normalized spacial score (nSPS) is 16.3. The lowest BCUT2D eigenvalue weighted by Crippen LogP contribution is -2.38. The van der Waals surface area contributed by atoms with E-state index in [4.69, 9.17) is 5.11 Å². The number of rotatable bonds is 5. The first-order chi connectivity index (χ1) is 8.50. The number of carboxylic acids is 1. The molecule has 0 aliphatic heterocycles. The van der Waals surface area contributed by atoms with E-state index < -0.39 is 11.9 Å². The molecule has 1 aromatic rings. The van der Waals surface area contributed by atoms with Crippen LogP contribution < -0.4 is 0 Å². The SMILES string of the molecule is CC(CN(C(=O)c1sccc1Br)C1CC1)C(=O)O. The molecule has 0 radical (unpaired) electrons. The van der Waals surface area contributed by atoms with Gasteiger partial charge in [0.25, 0.3) is 5.91 Å². The third-order valence-corrected chi connectivity index (χ3v) is 4.78. The molecular formula is C12H14BrNO3S. The smallest absolute Gasteiger partial charge is 0.308 e. The molecule has 0 saturated heterocycles. The van der Waals surface area contributed by atoms with Crippen LogP contribution in [0.5, 0.6) is 0 Å². The second-order valence-electron chi connectivity index (χ2n) is 4.53. The molecule has 98 valence electrons. The summed E-state index contributed by atoms with van der Waals surface area (Å²) in [6.45, 7) is 1.91. The number of amides is 1. The Morgan fingerprint density at radius 2 is 2.28 bits per heavy atom. The Balaban J connectivity index is 2.13. The molecule has 1 atom stereocenters. The van der Waals surface area contributed by atoms with Crippen LogP contribution in [-0.2, 0) is 4.79 Å². The van der Waals surface area contributed by atoms with Crippen molar-refractivity contribution in [3.05, 3.63) is 20.8 Å². The number of hydrogen-bond acceptors (Lipinski definition) is 3. The molecule has 1 N–H and O–H groups in total. The topological polar surface area (TPSA) is 57.6 Å². The Hall–Kier alpha value is -0.880. The molecule has 6 heteroatoms.